The third-order valence-electron chi connectivity index (χ3n) is 10.3. The highest BCUT2D eigenvalue weighted by atomic mass is 28.4. The van der Waals surface area contributed by atoms with Gasteiger partial charge in [0.2, 0.25) is 0 Å². The fourth-order valence-electron chi connectivity index (χ4n) is 6.20. The monoisotopic (exact) mass is 707 g/mol. The van der Waals surface area contributed by atoms with E-state index in [4.69, 9.17) is 23.1 Å². The largest absolute Gasteiger partial charge is 0.462 e. The van der Waals surface area contributed by atoms with Crippen molar-refractivity contribution >= 4 is 26.3 Å². The van der Waals surface area contributed by atoms with Gasteiger partial charge in [-0.2, -0.15) is 0 Å². The van der Waals surface area contributed by atoms with Crippen LogP contribution in [0, 0.1) is 24.7 Å². The summed E-state index contributed by atoms with van der Waals surface area (Å²) in [5.41, 5.74) is 3.85. The van der Waals surface area contributed by atoms with Gasteiger partial charge in [-0.25, -0.2) is 9.78 Å². The van der Waals surface area contributed by atoms with Gasteiger partial charge >= 0.3 is 11.9 Å². The molecule has 0 aliphatic carbocycles. The molecule has 50 heavy (non-hydrogen) atoms. The summed E-state index contributed by atoms with van der Waals surface area (Å²) in [4.78, 5) is 30.3. The lowest BCUT2D eigenvalue weighted by atomic mass is 9.86. The van der Waals surface area contributed by atoms with Crippen molar-refractivity contribution in [2.45, 2.75) is 131 Å². The Morgan fingerprint density at radius 1 is 1.12 bits per heavy atom. The molecular weight excluding hydrogens is 647 g/mol. The molecule has 1 aromatic heterocycles. The SMILES string of the molecule is CO[C@@H](/C(C)=C/C=C/C(C)=C/c1coc(C)n1)[C@@H](C)[C@@H]1C[C@H](O[Si](C)(C)C(C)(C)C)/C(C)=C/C=C/[C@@H](C)[C@H]2C[C@@H](C/C=C/C(=O)O1)CC(=O)O2. The van der Waals surface area contributed by atoms with E-state index >= 15 is 0 Å². The first kappa shape index (κ1) is 41.2. The van der Waals surface area contributed by atoms with Crippen LogP contribution in [0.25, 0.3) is 6.08 Å². The van der Waals surface area contributed by atoms with Gasteiger partial charge in [-0.1, -0.05) is 77.2 Å². The Kier molecular flexibility index (Phi) is 15.1. The number of aromatic nitrogens is 1. The molecule has 8 nitrogen and oxygen atoms in total. The number of fused-ring (bicyclic) bond motifs is 2. The maximum atomic E-state index is 13.4. The number of nitrogens with zero attached hydrogens (tertiary/aromatic N) is 1. The molecule has 3 heterocycles. The Hall–Kier alpha value is -3.27. The molecule has 0 saturated carbocycles. The van der Waals surface area contributed by atoms with Gasteiger partial charge in [0.1, 0.15) is 24.2 Å². The summed E-state index contributed by atoms with van der Waals surface area (Å²) >= 11 is 0. The van der Waals surface area contributed by atoms with Crippen molar-refractivity contribution in [2.24, 2.45) is 17.8 Å². The molecule has 0 N–H and O–H groups in total. The summed E-state index contributed by atoms with van der Waals surface area (Å²) in [5.74, 6) is -0.00295. The van der Waals surface area contributed by atoms with Crippen LogP contribution in [0.1, 0.15) is 92.7 Å². The highest BCUT2D eigenvalue weighted by molar-refractivity contribution is 6.74. The van der Waals surface area contributed by atoms with E-state index in [-0.39, 0.29) is 47.1 Å². The molecule has 0 amide bonds. The van der Waals surface area contributed by atoms with Crippen LogP contribution in [-0.2, 0) is 28.2 Å². The number of cyclic esters (lactones) is 1. The minimum atomic E-state index is -2.23. The summed E-state index contributed by atoms with van der Waals surface area (Å²) in [6, 6.07) is 0. The van der Waals surface area contributed by atoms with Gasteiger partial charge in [-0.3, -0.25) is 4.79 Å². The van der Waals surface area contributed by atoms with E-state index < -0.39 is 20.4 Å². The van der Waals surface area contributed by atoms with Gasteiger partial charge in [-0.05, 0) is 80.5 Å². The van der Waals surface area contributed by atoms with Crippen LogP contribution in [0.5, 0.6) is 0 Å². The van der Waals surface area contributed by atoms with E-state index in [1.54, 1.807) is 13.4 Å². The Morgan fingerprint density at radius 2 is 1.84 bits per heavy atom. The molecule has 3 rings (SSSR count). The predicted octanol–water partition coefficient (Wildman–Crippen LogP) is 9.65. The predicted molar refractivity (Wildman–Crippen MR) is 203 cm³/mol. The van der Waals surface area contributed by atoms with E-state index in [9.17, 15) is 9.59 Å². The minimum Gasteiger partial charge on any atom is -0.462 e. The molecule has 0 aromatic carbocycles. The smallest absolute Gasteiger partial charge is 0.330 e. The first-order valence-electron chi connectivity index (χ1n) is 18.0. The molecule has 7 atom stereocenters. The van der Waals surface area contributed by atoms with Crippen LogP contribution in [0.3, 0.4) is 0 Å². The maximum Gasteiger partial charge on any atom is 0.330 e. The molecule has 2 bridgehead atoms. The number of methoxy groups -OCH3 is 1. The van der Waals surface area contributed by atoms with Gasteiger partial charge in [0.05, 0.1) is 12.2 Å². The molecular formula is C41H61NO7Si. The van der Waals surface area contributed by atoms with Crippen LogP contribution in [0.2, 0.25) is 18.1 Å². The number of aryl methyl sites for hydroxylation is 1. The number of allylic oxidation sites excluding steroid dienone is 7. The van der Waals surface area contributed by atoms with Crippen LogP contribution in [0.15, 0.2) is 76.0 Å². The molecule has 0 unspecified atom stereocenters. The van der Waals surface area contributed by atoms with Crippen molar-refractivity contribution in [3.63, 3.8) is 0 Å². The summed E-state index contributed by atoms with van der Waals surface area (Å²) in [6.07, 6.45) is 20.1. The van der Waals surface area contributed by atoms with Gasteiger partial charge in [0.25, 0.3) is 0 Å². The van der Waals surface area contributed by atoms with E-state index in [2.05, 4.69) is 71.8 Å². The molecule has 2 aliphatic rings. The topological polar surface area (TPSA) is 97.1 Å². The Balaban J connectivity index is 1.98. The molecule has 1 fully saturated rings. The van der Waals surface area contributed by atoms with Gasteiger partial charge in [-0.15, -0.1) is 0 Å². The number of carbonyl (C=O) groups is 2. The van der Waals surface area contributed by atoms with Gasteiger partial charge in [0, 0.05) is 44.8 Å². The molecule has 2 aliphatic heterocycles. The van der Waals surface area contributed by atoms with Crippen molar-refractivity contribution in [1.29, 1.82) is 0 Å². The highest BCUT2D eigenvalue weighted by Gasteiger charge is 2.41. The molecule has 0 spiro atoms. The van der Waals surface area contributed by atoms with Crippen molar-refractivity contribution in [3.05, 3.63) is 83.2 Å². The lowest BCUT2D eigenvalue weighted by Crippen LogP contribution is -2.46. The number of hydrogen-bond acceptors (Lipinski definition) is 8. The summed E-state index contributed by atoms with van der Waals surface area (Å²) in [6.45, 7) is 23.3. The second-order valence-electron chi connectivity index (χ2n) is 15.7. The van der Waals surface area contributed by atoms with Crippen LogP contribution in [0.4, 0.5) is 0 Å². The molecule has 9 heteroatoms. The zero-order valence-corrected chi connectivity index (χ0v) is 33.4. The maximum absolute atomic E-state index is 13.4. The third-order valence-corrected chi connectivity index (χ3v) is 14.8. The van der Waals surface area contributed by atoms with Crippen molar-refractivity contribution in [3.8, 4) is 0 Å². The van der Waals surface area contributed by atoms with E-state index in [1.165, 1.54) is 6.08 Å². The fraction of sp³-hybridized carbons (Fsp3) is 0.585. The lowest BCUT2D eigenvalue weighted by Gasteiger charge is -2.41. The van der Waals surface area contributed by atoms with Crippen molar-refractivity contribution in [1.82, 2.24) is 4.98 Å². The zero-order valence-electron chi connectivity index (χ0n) is 32.4. The Labute approximate surface area is 301 Å². The highest BCUT2D eigenvalue weighted by Crippen LogP contribution is 2.39. The van der Waals surface area contributed by atoms with Crippen LogP contribution < -0.4 is 0 Å². The van der Waals surface area contributed by atoms with Crippen LogP contribution >= 0.6 is 0 Å². The van der Waals surface area contributed by atoms with Crippen molar-refractivity contribution < 1.29 is 32.6 Å². The minimum absolute atomic E-state index is 0.0192. The number of esters is 2. The van der Waals surface area contributed by atoms with Gasteiger partial charge < -0.3 is 23.1 Å². The fourth-order valence-corrected chi connectivity index (χ4v) is 7.55. The van der Waals surface area contributed by atoms with Crippen molar-refractivity contribution in [2.75, 3.05) is 7.11 Å². The van der Waals surface area contributed by atoms with E-state index in [0.29, 0.717) is 25.2 Å². The van der Waals surface area contributed by atoms with E-state index in [0.717, 1.165) is 28.8 Å². The van der Waals surface area contributed by atoms with E-state index in [1.807, 2.05) is 57.2 Å². The molecule has 1 saturated heterocycles. The Morgan fingerprint density at radius 3 is 2.48 bits per heavy atom. The third kappa shape index (κ3) is 12.2. The number of carbonyl (C=O) groups excluding carboxylic acids is 2. The number of ether oxygens (including phenoxy) is 3. The second-order valence-corrected chi connectivity index (χ2v) is 20.4. The first-order valence-corrected chi connectivity index (χ1v) is 20.9. The average molecular weight is 708 g/mol. The molecule has 1 aromatic rings. The molecule has 276 valence electrons. The first-order chi connectivity index (χ1) is 23.4. The normalized spacial score (nSPS) is 28.7. The average Bonchev–Trinajstić information content (AvgIpc) is 3.42. The summed E-state index contributed by atoms with van der Waals surface area (Å²) in [5, 5.41) is -0.0192. The Bertz CT molecular complexity index is 1490. The lowest BCUT2D eigenvalue weighted by molar-refractivity contribution is -0.158. The summed E-state index contributed by atoms with van der Waals surface area (Å²) < 4.78 is 30.5. The zero-order chi connectivity index (χ0) is 37.2. The number of oxazole rings is 1. The molecule has 0 radical (unpaired) electrons. The van der Waals surface area contributed by atoms with Gasteiger partial charge in [0.15, 0.2) is 14.2 Å². The standard InChI is InChI=1S/C41H61NO7Si/c1-27(22-34-26-46-32(6)42-34)16-13-19-30(4)40(45-10)31(5)37-25-36(49-50(11,12)41(7,8)9)29(3)18-14-17-28(2)35-23-33(24-39(44)47-35)20-15-21-38(43)48-37/h13-19,21-22,26,28,31,33,35-37,40H,20,23-25H2,1-12H3/b16-13+,17-14+,21-15+,27-22+,29-18+,30-19+/t28-,31+,33-,35-,36+,37+,40+/m1/s1. The number of rotatable bonds is 9. The second kappa shape index (κ2) is 18.3. The number of hydrogen-bond donors (Lipinski definition) is 0. The quantitative estimate of drug-likeness (QED) is 0.142. The summed E-state index contributed by atoms with van der Waals surface area (Å²) in [7, 11) is -0.538. The van der Waals surface area contributed by atoms with Crippen LogP contribution in [-0.4, -0.2) is 56.8 Å².